The number of alkyl halides is 3. The molecule has 2 rings (SSSR count). The number of carboxylic acids is 1. The number of carboxylic acid groups (broad SMARTS) is 1. The molecule has 0 aliphatic carbocycles. The third-order valence-corrected chi connectivity index (χ3v) is 5.75. The van der Waals surface area contributed by atoms with Gasteiger partial charge in [-0.1, -0.05) is 0 Å². The van der Waals surface area contributed by atoms with Crippen LogP contribution in [0.15, 0.2) is 23.1 Å². The van der Waals surface area contributed by atoms with Crippen molar-refractivity contribution in [2.45, 2.75) is 23.9 Å². The zero-order chi connectivity index (χ0) is 19.0. The fraction of sp³-hybridized carbons (Fsp3) is 0.462. The molecule has 0 bridgehead atoms. The average molecular weight is 382 g/mol. The smallest absolute Gasteiger partial charge is 0.417 e. The fourth-order valence-electron chi connectivity index (χ4n) is 2.58. The fourth-order valence-corrected chi connectivity index (χ4v) is 4.30. The second-order valence-electron chi connectivity index (χ2n) is 5.48. The van der Waals surface area contributed by atoms with Crippen LogP contribution in [0.2, 0.25) is 0 Å². The molecule has 1 heterocycles. The number of halogens is 3. The van der Waals surface area contributed by atoms with Gasteiger partial charge in [-0.2, -0.15) is 17.5 Å². The molecule has 0 saturated carbocycles. The van der Waals surface area contributed by atoms with Crippen molar-refractivity contribution >= 4 is 21.7 Å². The first kappa shape index (κ1) is 19.1. The first-order valence-electron chi connectivity index (χ1n) is 7.03. The molecule has 1 fully saturated rings. The van der Waals surface area contributed by atoms with Crippen LogP contribution < -0.4 is 0 Å². The lowest BCUT2D eigenvalue weighted by Gasteiger charge is -2.30. The first-order valence-corrected chi connectivity index (χ1v) is 8.47. The van der Waals surface area contributed by atoms with Gasteiger partial charge in [-0.25, -0.2) is 8.42 Å². The summed E-state index contributed by atoms with van der Waals surface area (Å²) in [5.74, 6) is -2.25. The Labute approximate surface area is 140 Å². The van der Waals surface area contributed by atoms with Crippen LogP contribution in [0, 0.1) is 16.0 Å². The van der Waals surface area contributed by atoms with Crippen LogP contribution in [0.3, 0.4) is 0 Å². The second-order valence-corrected chi connectivity index (χ2v) is 7.38. The molecule has 1 atom stereocenters. The van der Waals surface area contributed by atoms with E-state index in [-0.39, 0.29) is 25.5 Å². The number of nitro benzene ring substituents is 1. The number of aliphatic carboxylic acids is 1. The Bertz CT molecular complexity index is 808. The summed E-state index contributed by atoms with van der Waals surface area (Å²) in [6.45, 7) is -0.577. The zero-order valence-corrected chi connectivity index (χ0v) is 13.4. The summed E-state index contributed by atoms with van der Waals surface area (Å²) in [5.41, 5.74) is -2.55. The van der Waals surface area contributed by atoms with Gasteiger partial charge in [0.05, 0.1) is 21.3 Å². The van der Waals surface area contributed by atoms with Crippen LogP contribution in [0.5, 0.6) is 0 Å². The van der Waals surface area contributed by atoms with Gasteiger partial charge < -0.3 is 5.11 Å². The summed E-state index contributed by atoms with van der Waals surface area (Å²) in [4.78, 5) is 19.5. The van der Waals surface area contributed by atoms with Crippen LogP contribution in [0.25, 0.3) is 0 Å². The second kappa shape index (κ2) is 6.59. The molecule has 1 N–H and O–H groups in total. The van der Waals surface area contributed by atoms with Crippen LogP contribution in [-0.4, -0.2) is 41.8 Å². The molecule has 25 heavy (non-hydrogen) atoms. The quantitative estimate of drug-likeness (QED) is 0.629. The SMILES string of the molecule is O=C(O)C1CCCN(S(=O)(=O)c2ccc([N+](=O)[O-])cc2C(F)(F)F)C1. The number of hydrogen-bond acceptors (Lipinski definition) is 5. The van der Waals surface area contributed by atoms with Crippen molar-refractivity contribution in [1.82, 2.24) is 4.31 Å². The van der Waals surface area contributed by atoms with E-state index in [2.05, 4.69) is 0 Å². The first-order chi connectivity index (χ1) is 11.4. The number of nitro groups is 1. The largest absolute Gasteiger partial charge is 0.481 e. The Kier molecular flexibility index (Phi) is 5.04. The number of non-ortho nitro benzene ring substituents is 1. The topological polar surface area (TPSA) is 118 Å². The minimum absolute atomic E-state index is 0.125. The number of sulfonamides is 1. The molecule has 1 aromatic carbocycles. The minimum Gasteiger partial charge on any atom is -0.481 e. The van der Waals surface area contributed by atoms with Gasteiger partial charge in [0.2, 0.25) is 10.0 Å². The van der Waals surface area contributed by atoms with E-state index in [0.29, 0.717) is 16.4 Å². The highest BCUT2D eigenvalue weighted by molar-refractivity contribution is 7.89. The van der Waals surface area contributed by atoms with Crippen LogP contribution in [-0.2, 0) is 21.0 Å². The number of rotatable bonds is 4. The van der Waals surface area contributed by atoms with Crippen molar-refractivity contribution < 1.29 is 36.4 Å². The predicted molar refractivity (Wildman–Crippen MR) is 77.2 cm³/mol. The van der Waals surface area contributed by atoms with Crippen molar-refractivity contribution in [2.24, 2.45) is 5.92 Å². The highest BCUT2D eigenvalue weighted by atomic mass is 32.2. The molecule has 12 heteroatoms. The Hall–Kier alpha value is -2.21. The highest BCUT2D eigenvalue weighted by Gasteiger charge is 2.42. The standard InChI is InChI=1S/C13H13F3N2O6S/c14-13(15,16)10-6-9(18(21)22)3-4-11(10)25(23,24)17-5-1-2-8(7-17)12(19)20/h3-4,6,8H,1-2,5,7H2,(H,19,20). The van der Waals surface area contributed by atoms with Gasteiger partial charge in [0.1, 0.15) is 0 Å². The van der Waals surface area contributed by atoms with Crippen molar-refractivity contribution in [1.29, 1.82) is 0 Å². The molecule has 8 nitrogen and oxygen atoms in total. The molecular weight excluding hydrogens is 369 g/mol. The van der Waals surface area contributed by atoms with Gasteiger partial charge in [-0.3, -0.25) is 14.9 Å². The monoisotopic (exact) mass is 382 g/mol. The van der Waals surface area contributed by atoms with Crippen molar-refractivity contribution in [3.05, 3.63) is 33.9 Å². The van der Waals surface area contributed by atoms with Crippen molar-refractivity contribution in [3.8, 4) is 0 Å². The van der Waals surface area contributed by atoms with E-state index in [1.807, 2.05) is 0 Å². The van der Waals surface area contributed by atoms with Gasteiger partial charge in [-0.15, -0.1) is 0 Å². The number of carbonyl (C=O) groups is 1. The number of nitrogens with zero attached hydrogens (tertiary/aromatic N) is 2. The molecule has 0 radical (unpaired) electrons. The third-order valence-electron chi connectivity index (χ3n) is 3.83. The lowest BCUT2D eigenvalue weighted by molar-refractivity contribution is -0.385. The summed E-state index contributed by atoms with van der Waals surface area (Å²) in [6, 6.07) is 1.35. The molecular formula is C13H13F3N2O6S. The molecule has 138 valence electrons. The maximum Gasteiger partial charge on any atom is 0.417 e. The number of hydrogen-bond donors (Lipinski definition) is 1. The van der Waals surface area contributed by atoms with E-state index in [1.54, 1.807) is 0 Å². The molecule has 1 unspecified atom stereocenters. The zero-order valence-electron chi connectivity index (χ0n) is 12.6. The average Bonchev–Trinajstić information content (AvgIpc) is 2.53. The predicted octanol–water partition coefficient (Wildman–Crippen LogP) is 2.10. The Morgan fingerprint density at radius 2 is 2.00 bits per heavy atom. The van der Waals surface area contributed by atoms with E-state index in [9.17, 15) is 36.5 Å². The molecule has 1 aliphatic heterocycles. The summed E-state index contributed by atoms with van der Waals surface area (Å²) in [6.07, 6.45) is -4.73. The van der Waals surface area contributed by atoms with E-state index >= 15 is 0 Å². The Morgan fingerprint density at radius 3 is 2.52 bits per heavy atom. The van der Waals surface area contributed by atoms with Gasteiger partial charge >= 0.3 is 12.1 Å². The van der Waals surface area contributed by atoms with Crippen molar-refractivity contribution in [2.75, 3.05) is 13.1 Å². The Balaban J connectivity index is 2.52. The normalized spacial score (nSPS) is 19.6. The van der Waals surface area contributed by atoms with Crippen LogP contribution >= 0.6 is 0 Å². The van der Waals surface area contributed by atoms with Gasteiger partial charge in [0, 0.05) is 25.2 Å². The minimum atomic E-state index is -5.13. The lowest BCUT2D eigenvalue weighted by atomic mass is 10.0. The lowest BCUT2D eigenvalue weighted by Crippen LogP contribution is -2.42. The molecule has 0 spiro atoms. The summed E-state index contributed by atoms with van der Waals surface area (Å²) in [5, 5.41) is 19.7. The van der Waals surface area contributed by atoms with Gasteiger partial charge in [0.15, 0.2) is 0 Å². The van der Waals surface area contributed by atoms with Crippen molar-refractivity contribution in [3.63, 3.8) is 0 Å². The maximum absolute atomic E-state index is 13.2. The van der Waals surface area contributed by atoms with E-state index < -0.39 is 55.7 Å². The number of benzene rings is 1. The van der Waals surface area contributed by atoms with Crippen LogP contribution in [0.1, 0.15) is 18.4 Å². The summed E-state index contributed by atoms with van der Waals surface area (Å²) < 4.78 is 65.4. The summed E-state index contributed by atoms with van der Waals surface area (Å²) >= 11 is 0. The van der Waals surface area contributed by atoms with E-state index in [0.717, 1.165) is 0 Å². The molecule has 1 aliphatic rings. The highest BCUT2D eigenvalue weighted by Crippen LogP contribution is 2.38. The molecule has 1 saturated heterocycles. The van der Waals surface area contributed by atoms with Gasteiger partial charge in [0.25, 0.3) is 5.69 Å². The van der Waals surface area contributed by atoms with Gasteiger partial charge in [-0.05, 0) is 18.9 Å². The maximum atomic E-state index is 13.2. The Morgan fingerprint density at radius 1 is 1.36 bits per heavy atom. The van der Waals surface area contributed by atoms with E-state index in [4.69, 9.17) is 5.11 Å². The molecule has 0 amide bonds. The third kappa shape index (κ3) is 3.90. The number of piperidine rings is 1. The molecule has 0 aromatic heterocycles. The summed E-state index contributed by atoms with van der Waals surface area (Å²) in [7, 11) is -4.66. The molecule has 1 aromatic rings. The van der Waals surface area contributed by atoms with Crippen LogP contribution in [0.4, 0.5) is 18.9 Å². The van der Waals surface area contributed by atoms with E-state index in [1.165, 1.54) is 0 Å².